The van der Waals surface area contributed by atoms with Gasteiger partial charge in [0.15, 0.2) is 6.61 Å². The van der Waals surface area contributed by atoms with Crippen molar-refractivity contribution in [1.29, 1.82) is 0 Å². The lowest BCUT2D eigenvalue weighted by Crippen LogP contribution is -2.44. The van der Waals surface area contributed by atoms with Crippen molar-refractivity contribution in [3.63, 3.8) is 0 Å². The second-order valence-corrected chi connectivity index (χ2v) is 3.97. The number of carbonyl (C=O) groups excluding carboxylic acids is 2. The third-order valence-corrected chi connectivity index (χ3v) is 2.38. The normalized spacial score (nSPS) is 11.4. The molecule has 0 saturated heterocycles. The molecule has 7 nitrogen and oxygen atoms in total. The smallest absolute Gasteiger partial charge is 0.341 e. The molecule has 20 heavy (non-hydrogen) atoms. The molecule has 0 bridgehead atoms. The molecular weight excluding hydrogens is 266 g/mol. The van der Waals surface area contributed by atoms with Gasteiger partial charge in [-0.2, -0.15) is 0 Å². The lowest BCUT2D eigenvalue weighted by molar-refractivity contribution is -0.157. The molecule has 1 amide bonds. The van der Waals surface area contributed by atoms with Crippen LogP contribution in [0.15, 0.2) is 30.3 Å². The van der Waals surface area contributed by atoms with Gasteiger partial charge in [-0.1, -0.05) is 30.3 Å². The average Bonchev–Trinajstić information content (AvgIpc) is 2.44. The summed E-state index contributed by atoms with van der Waals surface area (Å²) in [5.41, 5.74) is 0.767. The third-order valence-electron chi connectivity index (χ3n) is 2.38. The van der Waals surface area contributed by atoms with Crippen LogP contribution in [0.25, 0.3) is 0 Å². The highest BCUT2D eigenvalue weighted by Gasteiger charge is 2.23. The Labute approximate surface area is 115 Å². The molecule has 1 aromatic rings. The summed E-state index contributed by atoms with van der Waals surface area (Å²) >= 11 is 0. The van der Waals surface area contributed by atoms with E-state index in [4.69, 9.17) is 10.2 Å². The maximum atomic E-state index is 11.7. The number of ether oxygens (including phenoxy) is 1. The van der Waals surface area contributed by atoms with Gasteiger partial charge in [0.25, 0.3) is 0 Å². The summed E-state index contributed by atoms with van der Waals surface area (Å²) < 4.78 is 4.55. The number of carbonyl (C=O) groups is 3. The number of carboxylic acids is 1. The summed E-state index contributed by atoms with van der Waals surface area (Å²) in [6, 6.07) is 7.79. The van der Waals surface area contributed by atoms with Crippen LogP contribution in [0.3, 0.4) is 0 Å². The van der Waals surface area contributed by atoms with E-state index in [1.807, 2.05) is 0 Å². The van der Waals surface area contributed by atoms with Gasteiger partial charge in [-0.15, -0.1) is 0 Å². The summed E-state index contributed by atoms with van der Waals surface area (Å²) in [7, 11) is 0. The van der Waals surface area contributed by atoms with Crippen LogP contribution < -0.4 is 5.32 Å². The standard InChI is InChI=1S/C13H15NO6/c15-7-11(16)14-10(13(19)20-8-12(17)18)6-9-4-2-1-3-5-9/h1-5,10,15H,6-8H2,(H,14,16)(H,17,18)/t10-/m1/s1. The predicted octanol–water partition coefficient (Wildman–Crippen LogP) is -0.666. The van der Waals surface area contributed by atoms with Crippen LogP contribution in [0.1, 0.15) is 5.56 Å². The van der Waals surface area contributed by atoms with Crippen molar-refractivity contribution >= 4 is 17.8 Å². The van der Waals surface area contributed by atoms with Crippen molar-refractivity contribution in [2.45, 2.75) is 12.5 Å². The molecule has 3 N–H and O–H groups in total. The Morgan fingerprint density at radius 2 is 1.85 bits per heavy atom. The molecule has 7 heteroatoms. The molecule has 1 atom stereocenters. The number of nitrogens with one attached hydrogen (secondary N) is 1. The van der Waals surface area contributed by atoms with Crippen LogP contribution in [0.2, 0.25) is 0 Å². The highest BCUT2D eigenvalue weighted by atomic mass is 16.6. The second-order valence-electron chi connectivity index (χ2n) is 3.97. The maximum absolute atomic E-state index is 11.7. The molecular formula is C13H15NO6. The number of esters is 1. The topological polar surface area (TPSA) is 113 Å². The first-order chi connectivity index (χ1) is 9.52. The lowest BCUT2D eigenvalue weighted by Gasteiger charge is -2.16. The number of hydrogen-bond donors (Lipinski definition) is 3. The number of rotatable bonds is 7. The van der Waals surface area contributed by atoms with Crippen LogP contribution in [0.4, 0.5) is 0 Å². The van der Waals surface area contributed by atoms with E-state index in [9.17, 15) is 14.4 Å². The van der Waals surface area contributed by atoms with E-state index in [0.717, 1.165) is 5.56 Å². The van der Waals surface area contributed by atoms with E-state index in [1.165, 1.54) is 0 Å². The number of hydrogen-bond acceptors (Lipinski definition) is 5. The fourth-order valence-electron chi connectivity index (χ4n) is 1.52. The molecule has 0 aromatic heterocycles. The molecule has 0 unspecified atom stereocenters. The monoisotopic (exact) mass is 281 g/mol. The van der Waals surface area contributed by atoms with Gasteiger partial charge < -0.3 is 20.3 Å². The Hall–Kier alpha value is -2.41. The molecule has 1 aromatic carbocycles. The fraction of sp³-hybridized carbons (Fsp3) is 0.308. The van der Waals surface area contributed by atoms with Gasteiger partial charge in [0.05, 0.1) is 0 Å². The van der Waals surface area contributed by atoms with E-state index >= 15 is 0 Å². The molecule has 0 aliphatic heterocycles. The summed E-state index contributed by atoms with van der Waals surface area (Å²) in [5.74, 6) is -2.89. The van der Waals surface area contributed by atoms with Crippen LogP contribution in [0, 0.1) is 0 Å². The largest absolute Gasteiger partial charge is 0.479 e. The number of aliphatic carboxylic acids is 1. The van der Waals surface area contributed by atoms with E-state index in [-0.39, 0.29) is 6.42 Å². The van der Waals surface area contributed by atoms with Crippen molar-refractivity contribution in [1.82, 2.24) is 5.32 Å². The number of carboxylic acid groups (broad SMARTS) is 1. The molecule has 0 fully saturated rings. The second kappa shape index (κ2) is 7.90. The number of benzene rings is 1. The lowest BCUT2D eigenvalue weighted by atomic mass is 10.1. The Kier molecular flexibility index (Phi) is 6.18. The summed E-state index contributed by atoms with van der Waals surface area (Å²) in [6.45, 7) is -1.55. The Bertz CT molecular complexity index is 473. The molecule has 108 valence electrons. The van der Waals surface area contributed by atoms with E-state index < -0.39 is 37.1 Å². The van der Waals surface area contributed by atoms with Gasteiger partial charge in [-0.05, 0) is 5.56 Å². The number of aliphatic hydroxyl groups excluding tert-OH is 1. The molecule has 0 heterocycles. The summed E-state index contributed by atoms with van der Waals surface area (Å²) in [4.78, 5) is 33.2. The van der Waals surface area contributed by atoms with Crippen molar-refractivity contribution in [2.75, 3.05) is 13.2 Å². The van der Waals surface area contributed by atoms with Gasteiger partial charge in [0, 0.05) is 6.42 Å². The van der Waals surface area contributed by atoms with Crippen molar-refractivity contribution in [2.24, 2.45) is 0 Å². The average molecular weight is 281 g/mol. The summed E-state index contributed by atoms with van der Waals surface area (Å²) in [6.07, 6.45) is 0.144. The van der Waals surface area contributed by atoms with E-state index in [1.54, 1.807) is 30.3 Å². The van der Waals surface area contributed by atoms with Crippen LogP contribution in [-0.4, -0.2) is 47.3 Å². The highest BCUT2D eigenvalue weighted by molar-refractivity contribution is 5.86. The van der Waals surface area contributed by atoms with Gasteiger partial charge >= 0.3 is 11.9 Å². The quantitative estimate of drug-likeness (QED) is 0.571. The van der Waals surface area contributed by atoms with Crippen LogP contribution in [0.5, 0.6) is 0 Å². The third kappa shape index (κ3) is 5.49. The van der Waals surface area contributed by atoms with Crippen LogP contribution in [-0.2, 0) is 25.5 Å². The first kappa shape index (κ1) is 15.6. The zero-order valence-corrected chi connectivity index (χ0v) is 10.6. The van der Waals surface area contributed by atoms with E-state index in [2.05, 4.69) is 10.1 Å². The molecule has 0 aliphatic rings. The molecule has 0 aliphatic carbocycles. The highest BCUT2D eigenvalue weighted by Crippen LogP contribution is 2.05. The minimum atomic E-state index is -1.29. The Morgan fingerprint density at radius 1 is 1.20 bits per heavy atom. The SMILES string of the molecule is O=C(O)COC(=O)[C@@H](Cc1ccccc1)NC(=O)CO. The Morgan fingerprint density at radius 3 is 2.40 bits per heavy atom. The van der Waals surface area contributed by atoms with Gasteiger partial charge in [-0.3, -0.25) is 4.79 Å². The zero-order valence-electron chi connectivity index (χ0n) is 10.6. The fourth-order valence-corrected chi connectivity index (χ4v) is 1.52. The minimum absolute atomic E-state index is 0.144. The van der Waals surface area contributed by atoms with E-state index in [0.29, 0.717) is 0 Å². The van der Waals surface area contributed by atoms with Gasteiger partial charge in [0.1, 0.15) is 12.6 Å². The molecule has 1 rings (SSSR count). The first-order valence-electron chi connectivity index (χ1n) is 5.85. The molecule has 0 spiro atoms. The van der Waals surface area contributed by atoms with Crippen molar-refractivity contribution in [3.8, 4) is 0 Å². The Balaban J connectivity index is 2.71. The van der Waals surface area contributed by atoms with Crippen molar-refractivity contribution < 1.29 is 29.3 Å². The molecule has 0 radical (unpaired) electrons. The number of amides is 1. The first-order valence-corrected chi connectivity index (χ1v) is 5.85. The van der Waals surface area contributed by atoms with Crippen LogP contribution >= 0.6 is 0 Å². The summed E-state index contributed by atoms with van der Waals surface area (Å²) in [5, 5.41) is 19.4. The van der Waals surface area contributed by atoms with Crippen molar-refractivity contribution in [3.05, 3.63) is 35.9 Å². The zero-order chi connectivity index (χ0) is 15.0. The number of aliphatic hydroxyl groups is 1. The predicted molar refractivity (Wildman–Crippen MR) is 67.8 cm³/mol. The minimum Gasteiger partial charge on any atom is -0.479 e. The molecule has 0 saturated carbocycles. The van der Waals surface area contributed by atoms with Gasteiger partial charge in [-0.25, -0.2) is 9.59 Å². The maximum Gasteiger partial charge on any atom is 0.341 e. The van der Waals surface area contributed by atoms with Gasteiger partial charge in [0.2, 0.25) is 5.91 Å².